The van der Waals surface area contributed by atoms with Gasteiger partial charge in [0.25, 0.3) is 0 Å². The summed E-state index contributed by atoms with van der Waals surface area (Å²) in [5, 5.41) is 13.0. The summed E-state index contributed by atoms with van der Waals surface area (Å²) in [4.78, 5) is 0. The van der Waals surface area contributed by atoms with Crippen molar-refractivity contribution in [3.8, 4) is 100 Å². The Hall–Kier alpha value is -8.84. The number of benzene rings is 13. The van der Waals surface area contributed by atoms with Crippen LogP contribution >= 0.6 is 0 Å². The summed E-state index contributed by atoms with van der Waals surface area (Å²) in [7, 11) is 0. The van der Waals surface area contributed by atoms with Gasteiger partial charge in [0, 0.05) is 0 Å². The van der Waals surface area contributed by atoms with Gasteiger partial charge in [0.15, 0.2) is 0 Å². The minimum atomic E-state index is 1.21. The maximum Gasteiger partial charge on any atom is -0.00199 e. The summed E-state index contributed by atoms with van der Waals surface area (Å²) in [5.74, 6) is 0. The molecule has 15 rings (SSSR count). The quantitative estimate of drug-likeness (QED) is 0.151. The topological polar surface area (TPSA) is 0 Å². The largest absolute Gasteiger partial charge is 0.0616 e. The van der Waals surface area contributed by atoms with Crippen molar-refractivity contribution in [1.29, 1.82) is 0 Å². The molecule has 0 N–H and O–H groups in total. The van der Waals surface area contributed by atoms with E-state index < -0.39 is 0 Å². The average molecular weight is 857 g/mol. The highest BCUT2D eigenvalue weighted by Crippen LogP contribution is 2.51. The van der Waals surface area contributed by atoms with Crippen molar-refractivity contribution in [1.82, 2.24) is 0 Å². The van der Waals surface area contributed by atoms with Crippen molar-refractivity contribution in [3.05, 3.63) is 243 Å². The lowest BCUT2D eigenvalue weighted by Gasteiger charge is -2.12. The van der Waals surface area contributed by atoms with E-state index >= 15 is 0 Å². The van der Waals surface area contributed by atoms with E-state index in [1.54, 1.807) is 0 Å². The van der Waals surface area contributed by atoms with Crippen molar-refractivity contribution in [2.45, 2.75) is 0 Å². The Kier molecular flexibility index (Phi) is 7.88. The third-order valence-electron chi connectivity index (χ3n) is 15.1. The fraction of sp³-hybridized carbons (Fsp3) is 0. The van der Waals surface area contributed by atoms with Gasteiger partial charge in [-0.3, -0.25) is 0 Å². The molecule has 0 saturated carbocycles. The van der Waals surface area contributed by atoms with Crippen molar-refractivity contribution < 1.29 is 0 Å². The maximum absolute atomic E-state index is 2.39. The van der Waals surface area contributed by atoms with Gasteiger partial charge in [0.2, 0.25) is 0 Å². The minimum absolute atomic E-state index is 1.21. The Morgan fingerprint density at radius 1 is 0.147 bits per heavy atom. The highest BCUT2D eigenvalue weighted by molar-refractivity contribution is 6.25. The van der Waals surface area contributed by atoms with E-state index in [-0.39, 0.29) is 0 Å². The second kappa shape index (κ2) is 14.3. The molecule has 0 unspecified atom stereocenters. The number of hydrogen-bond donors (Lipinski definition) is 0. The molecule has 312 valence electrons. The Labute approximate surface area is 394 Å². The van der Waals surface area contributed by atoms with Crippen LogP contribution in [0.25, 0.3) is 154 Å². The first-order valence-electron chi connectivity index (χ1n) is 23.7. The van der Waals surface area contributed by atoms with Crippen LogP contribution in [0.3, 0.4) is 0 Å². The first-order chi connectivity index (χ1) is 33.7. The lowest BCUT2D eigenvalue weighted by Crippen LogP contribution is -1.86. The van der Waals surface area contributed by atoms with Crippen molar-refractivity contribution >= 4 is 53.9 Å². The number of rotatable bonds is 5. The van der Waals surface area contributed by atoms with Crippen LogP contribution in [0.15, 0.2) is 243 Å². The van der Waals surface area contributed by atoms with E-state index in [2.05, 4.69) is 243 Å². The summed E-state index contributed by atoms with van der Waals surface area (Å²) in [6.07, 6.45) is 0. The van der Waals surface area contributed by atoms with Gasteiger partial charge in [-0.15, -0.1) is 0 Å². The molecule has 13 aromatic carbocycles. The van der Waals surface area contributed by atoms with Gasteiger partial charge >= 0.3 is 0 Å². The van der Waals surface area contributed by atoms with E-state index in [1.807, 2.05) is 0 Å². The molecule has 0 heteroatoms. The molecule has 68 heavy (non-hydrogen) atoms. The third-order valence-corrected chi connectivity index (χ3v) is 15.1. The molecule has 0 nitrogen and oxygen atoms in total. The zero-order valence-electron chi connectivity index (χ0n) is 37.1. The highest BCUT2D eigenvalue weighted by Gasteiger charge is 2.24. The van der Waals surface area contributed by atoms with Crippen LogP contribution in [0.5, 0.6) is 0 Å². The molecule has 0 radical (unpaired) electrons. The zero-order chi connectivity index (χ0) is 44.5. The first-order valence-corrected chi connectivity index (χ1v) is 23.7. The highest BCUT2D eigenvalue weighted by atomic mass is 14.3. The lowest BCUT2D eigenvalue weighted by molar-refractivity contribution is 1.58. The Balaban J connectivity index is 0.724. The molecule has 2 aliphatic rings. The smallest absolute Gasteiger partial charge is 0.00199 e. The van der Waals surface area contributed by atoms with Crippen LogP contribution in [0.2, 0.25) is 0 Å². The normalized spacial score (nSPS) is 12.1. The Morgan fingerprint density at radius 2 is 0.441 bits per heavy atom. The molecular weight excluding hydrogens is 817 g/mol. The number of fused-ring (bicyclic) bond motifs is 11. The fourth-order valence-corrected chi connectivity index (χ4v) is 11.8. The van der Waals surface area contributed by atoms with Gasteiger partial charge < -0.3 is 0 Å². The molecule has 13 aromatic rings. The van der Waals surface area contributed by atoms with E-state index in [1.165, 1.54) is 154 Å². The van der Waals surface area contributed by atoms with Crippen molar-refractivity contribution in [2.75, 3.05) is 0 Å². The summed E-state index contributed by atoms with van der Waals surface area (Å²) >= 11 is 0. The zero-order valence-corrected chi connectivity index (χ0v) is 37.1. The van der Waals surface area contributed by atoms with Gasteiger partial charge in [0.1, 0.15) is 0 Å². The molecule has 0 heterocycles. The summed E-state index contributed by atoms with van der Waals surface area (Å²) < 4.78 is 0. The van der Waals surface area contributed by atoms with E-state index in [0.717, 1.165) is 0 Å². The first kappa shape index (κ1) is 37.4. The predicted octanol–water partition coefficient (Wildman–Crippen LogP) is 19.1. The summed E-state index contributed by atoms with van der Waals surface area (Å²) in [5.41, 5.74) is 22.9. The van der Waals surface area contributed by atoms with Crippen LogP contribution in [0.1, 0.15) is 0 Å². The van der Waals surface area contributed by atoms with Gasteiger partial charge in [-0.2, -0.15) is 0 Å². The van der Waals surface area contributed by atoms with E-state index in [0.29, 0.717) is 0 Å². The van der Waals surface area contributed by atoms with E-state index in [9.17, 15) is 0 Å². The maximum atomic E-state index is 2.39. The lowest BCUT2D eigenvalue weighted by atomic mass is 9.92. The minimum Gasteiger partial charge on any atom is -0.0616 e. The standard InChI is InChI=1S/C68H40/c1-3-18-57-55(16-1)59-20-8-22-61-63-37-51(28-30-53(63)39-65(57)67(59)61)45-14-6-11-42(33-45)41-10-5-12-43(32-41)47-24-26-50-36-48(25-27-49(50)35-47)44-13-7-15-46(34-44)52-29-31-54-40-66-58-19-4-2-17-56(58)60-21-9-23-62(68(60)66)64(54)38-52/h1-40H. The van der Waals surface area contributed by atoms with Crippen LogP contribution in [0.4, 0.5) is 0 Å². The van der Waals surface area contributed by atoms with Gasteiger partial charge in [-0.05, 0) is 209 Å². The second-order valence-electron chi connectivity index (χ2n) is 18.8. The fourth-order valence-electron chi connectivity index (χ4n) is 11.8. The van der Waals surface area contributed by atoms with Crippen molar-refractivity contribution in [2.24, 2.45) is 0 Å². The van der Waals surface area contributed by atoms with Crippen LogP contribution in [-0.4, -0.2) is 0 Å². The van der Waals surface area contributed by atoms with Gasteiger partial charge in [-0.1, -0.05) is 188 Å². The van der Waals surface area contributed by atoms with Crippen molar-refractivity contribution in [3.63, 3.8) is 0 Å². The molecule has 0 aromatic heterocycles. The van der Waals surface area contributed by atoms with Crippen LogP contribution in [-0.2, 0) is 0 Å². The molecule has 0 atom stereocenters. The molecule has 0 bridgehead atoms. The monoisotopic (exact) mass is 856 g/mol. The number of hydrogen-bond acceptors (Lipinski definition) is 0. The molecular formula is C68H40. The van der Waals surface area contributed by atoms with Gasteiger partial charge in [-0.25, -0.2) is 0 Å². The molecule has 0 aliphatic heterocycles. The Morgan fingerprint density at radius 3 is 0.824 bits per heavy atom. The molecule has 0 saturated heterocycles. The molecule has 2 aliphatic carbocycles. The molecule has 0 amide bonds. The van der Waals surface area contributed by atoms with E-state index in [4.69, 9.17) is 0 Å². The SMILES string of the molecule is c1cc(-c2cccc(-c3ccc4cc5c6c(cccc6c4c3)-c3ccccc3-5)c2)cc(-c2ccc3cc(-c4cccc(-c5ccc6cc7c8c(cccc8c6c5)-c5ccccc5-7)c4)ccc3c2)c1. The molecule has 0 fully saturated rings. The molecule has 0 spiro atoms. The average Bonchev–Trinajstić information content (AvgIpc) is 3.91. The third kappa shape index (κ3) is 5.62. The van der Waals surface area contributed by atoms with Gasteiger partial charge in [0.05, 0.1) is 0 Å². The van der Waals surface area contributed by atoms with Crippen LogP contribution < -0.4 is 0 Å². The predicted molar refractivity (Wildman–Crippen MR) is 290 cm³/mol. The summed E-state index contributed by atoms with van der Waals surface area (Å²) in [6, 6.07) is 90.8. The second-order valence-corrected chi connectivity index (χ2v) is 18.8. The van der Waals surface area contributed by atoms with Crippen LogP contribution in [0, 0.1) is 0 Å². The summed E-state index contributed by atoms with van der Waals surface area (Å²) in [6.45, 7) is 0. The Bertz CT molecular complexity index is 4320.